The third kappa shape index (κ3) is 3.02. The molecule has 2 fully saturated rings. The lowest BCUT2D eigenvalue weighted by Crippen LogP contribution is -2.43. The first kappa shape index (κ1) is 15.0. The molecule has 4 nitrogen and oxygen atoms in total. The second-order valence-corrected chi connectivity index (χ2v) is 6.83. The summed E-state index contributed by atoms with van der Waals surface area (Å²) in [6.07, 6.45) is 8.67. The molecule has 1 spiro atoms. The van der Waals surface area contributed by atoms with Gasteiger partial charge in [-0.2, -0.15) is 5.10 Å². The molecule has 1 aromatic heterocycles. The van der Waals surface area contributed by atoms with Crippen LogP contribution in [-0.4, -0.2) is 27.1 Å². The maximum atomic E-state index is 10.8. The highest BCUT2D eigenvalue weighted by Crippen LogP contribution is 2.44. The number of hydrogen-bond donors (Lipinski definition) is 1. The smallest absolute Gasteiger partial charge is 0.0986 e. The Balaban J connectivity index is 1.74. The summed E-state index contributed by atoms with van der Waals surface area (Å²) in [5.41, 5.74) is 2.07. The Bertz CT molecular complexity index is 472. The van der Waals surface area contributed by atoms with Gasteiger partial charge in [0.05, 0.1) is 23.1 Å². The molecular formula is C17H28N2O2. The summed E-state index contributed by atoms with van der Waals surface area (Å²) in [6, 6.07) is 2.06. The van der Waals surface area contributed by atoms with Crippen LogP contribution in [0.15, 0.2) is 6.07 Å². The Labute approximate surface area is 127 Å². The maximum Gasteiger partial charge on any atom is 0.0986 e. The van der Waals surface area contributed by atoms with Gasteiger partial charge in [-0.1, -0.05) is 26.2 Å². The Morgan fingerprint density at radius 2 is 2.19 bits per heavy atom. The van der Waals surface area contributed by atoms with Gasteiger partial charge in [0.25, 0.3) is 0 Å². The second kappa shape index (κ2) is 6.09. The zero-order chi connectivity index (χ0) is 14.9. The van der Waals surface area contributed by atoms with Gasteiger partial charge < -0.3 is 9.84 Å². The number of aryl methyl sites for hydroxylation is 2. The van der Waals surface area contributed by atoms with E-state index in [1.54, 1.807) is 0 Å². The summed E-state index contributed by atoms with van der Waals surface area (Å²) < 4.78 is 8.00. The lowest BCUT2D eigenvalue weighted by Gasteiger charge is -2.44. The molecule has 4 heteroatoms. The Morgan fingerprint density at radius 1 is 1.43 bits per heavy atom. The van der Waals surface area contributed by atoms with Crippen LogP contribution in [0.2, 0.25) is 0 Å². The molecule has 0 aromatic carbocycles. The standard InChI is InChI=1S/C17H28N2O2/c1-3-14-11-15(19(2)18-14)16(20)13-7-10-21-17(12-13)8-5-4-6-9-17/h11,13,16,20H,3-10,12H2,1-2H3. The number of aromatic nitrogens is 2. The Morgan fingerprint density at radius 3 is 2.86 bits per heavy atom. The van der Waals surface area contributed by atoms with Crippen molar-refractivity contribution in [3.05, 3.63) is 17.5 Å². The number of rotatable bonds is 3. The van der Waals surface area contributed by atoms with Crippen molar-refractivity contribution >= 4 is 0 Å². The molecule has 0 amide bonds. The molecule has 1 aliphatic heterocycles. The van der Waals surface area contributed by atoms with Gasteiger partial charge in [0.2, 0.25) is 0 Å². The number of aliphatic hydroxyl groups is 1. The number of aliphatic hydroxyl groups excluding tert-OH is 1. The van der Waals surface area contributed by atoms with Crippen LogP contribution in [0.4, 0.5) is 0 Å². The normalized spacial score (nSPS) is 26.9. The van der Waals surface area contributed by atoms with Gasteiger partial charge in [0.1, 0.15) is 0 Å². The molecule has 1 aliphatic carbocycles. The van der Waals surface area contributed by atoms with Crippen molar-refractivity contribution in [2.24, 2.45) is 13.0 Å². The molecule has 3 rings (SSSR count). The van der Waals surface area contributed by atoms with Crippen LogP contribution in [0, 0.1) is 5.92 Å². The topological polar surface area (TPSA) is 47.3 Å². The quantitative estimate of drug-likeness (QED) is 0.931. The van der Waals surface area contributed by atoms with Crippen LogP contribution in [0.3, 0.4) is 0 Å². The highest BCUT2D eigenvalue weighted by atomic mass is 16.5. The second-order valence-electron chi connectivity index (χ2n) is 6.83. The molecule has 1 N–H and O–H groups in total. The predicted molar refractivity (Wildman–Crippen MR) is 82.0 cm³/mol. The first-order valence-electron chi connectivity index (χ1n) is 8.48. The van der Waals surface area contributed by atoms with Crippen molar-refractivity contribution in [1.29, 1.82) is 0 Å². The lowest BCUT2D eigenvalue weighted by atomic mass is 9.74. The van der Waals surface area contributed by atoms with E-state index in [1.807, 2.05) is 11.7 Å². The molecule has 0 bridgehead atoms. The summed E-state index contributed by atoms with van der Waals surface area (Å²) in [7, 11) is 1.94. The van der Waals surface area contributed by atoms with Crippen LogP contribution >= 0.6 is 0 Å². The van der Waals surface area contributed by atoms with E-state index in [9.17, 15) is 5.11 Å². The van der Waals surface area contributed by atoms with Gasteiger partial charge in [0, 0.05) is 13.7 Å². The first-order chi connectivity index (χ1) is 10.1. The lowest BCUT2D eigenvalue weighted by molar-refractivity contribution is -0.134. The third-order valence-corrected chi connectivity index (χ3v) is 5.37. The highest BCUT2D eigenvalue weighted by molar-refractivity contribution is 5.14. The summed E-state index contributed by atoms with van der Waals surface area (Å²) in [4.78, 5) is 0. The van der Waals surface area contributed by atoms with Crippen molar-refractivity contribution in [1.82, 2.24) is 9.78 Å². The highest BCUT2D eigenvalue weighted by Gasteiger charge is 2.41. The number of hydrogen-bond acceptors (Lipinski definition) is 3. The fourth-order valence-electron chi connectivity index (χ4n) is 4.11. The summed E-state index contributed by atoms with van der Waals surface area (Å²) in [5.74, 6) is 0.303. The molecular weight excluding hydrogens is 264 g/mol. The van der Waals surface area contributed by atoms with Gasteiger partial charge in [-0.3, -0.25) is 4.68 Å². The minimum absolute atomic E-state index is 0.0499. The number of nitrogens with zero attached hydrogens (tertiary/aromatic N) is 2. The summed E-state index contributed by atoms with van der Waals surface area (Å²) in [6.45, 7) is 2.89. The van der Waals surface area contributed by atoms with Gasteiger partial charge in [-0.25, -0.2) is 0 Å². The SMILES string of the molecule is CCc1cc(C(O)C2CCOC3(CCCCC3)C2)n(C)n1. The molecule has 2 heterocycles. The van der Waals surface area contributed by atoms with E-state index in [1.165, 1.54) is 32.1 Å². The molecule has 1 aromatic rings. The Kier molecular flexibility index (Phi) is 4.36. The fourth-order valence-corrected chi connectivity index (χ4v) is 4.11. The zero-order valence-electron chi connectivity index (χ0n) is 13.3. The minimum Gasteiger partial charge on any atom is -0.387 e. The maximum absolute atomic E-state index is 10.8. The molecule has 1 saturated carbocycles. The van der Waals surface area contributed by atoms with Gasteiger partial charge in [-0.05, 0) is 44.1 Å². The van der Waals surface area contributed by atoms with E-state index in [0.29, 0.717) is 5.92 Å². The van der Waals surface area contributed by atoms with E-state index in [4.69, 9.17) is 4.74 Å². The van der Waals surface area contributed by atoms with Crippen molar-refractivity contribution in [3.8, 4) is 0 Å². The van der Waals surface area contributed by atoms with Crippen molar-refractivity contribution in [3.63, 3.8) is 0 Å². The summed E-state index contributed by atoms with van der Waals surface area (Å²) in [5, 5.41) is 15.3. The monoisotopic (exact) mass is 292 g/mol. The molecule has 2 aliphatic rings. The van der Waals surface area contributed by atoms with Gasteiger partial charge in [-0.15, -0.1) is 0 Å². The van der Waals surface area contributed by atoms with Crippen LogP contribution in [0.1, 0.15) is 69.4 Å². The van der Waals surface area contributed by atoms with Gasteiger partial charge >= 0.3 is 0 Å². The molecule has 2 unspecified atom stereocenters. The van der Waals surface area contributed by atoms with E-state index in [-0.39, 0.29) is 5.60 Å². The predicted octanol–water partition coefficient (Wildman–Crippen LogP) is 3.15. The van der Waals surface area contributed by atoms with Crippen molar-refractivity contribution in [2.75, 3.05) is 6.61 Å². The average Bonchev–Trinajstić information content (AvgIpc) is 2.88. The molecule has 1 saturated heterocycles. The van der Waals surface area contributed by atoms with Crippen LogP contribution in [0.25, 0.3) is 0 Å². The van der Waals surface area contributed by atoms with E-state index in [2.05, 4.69) is 18.1 Å². The minimum atomic E-state index is -0.412. The zero-order valence-corrected chi connectivity index (χ0v) is 13.3. The molecule has 0 radical (unpaired) electrons. The van der Waals surface area contributed by atoms with E-state index >= 15 is 0 Å². The van der Waals surface area contributed by atoms with Crippen LogP contribution in [-0.2, 0) is 18.2 Å². The molecule has 2 atom stereocenters. The first-order valence-corrected chi connectivity index (χ1v) is 8.48. The fraction of sp³-hybridized carbons (Fsp3) is 0.824. The van der Waals surface area contributed by atoms with Gasteiger partial charge in [0.15, 0.2) is 0 Å². The van der Waals surface area contributed by atoms with Crippen molar-refractivity contribution in [2.45, 2.75) is 70.0 Å². The molecule has 118 valence electrons. The molecule has 21 heavy (non-hydrogen) atoms. The van der Waals surface area contributed by atoms with Crippen molar-refractivity contribution < 1.29 is 9.84 Å². The summed E-state index contributed by atoms with van der Waals surface area (Å²) >= 11 is 0. The van der Waals surface area contributed by atoms with E-state index in [0.717, 1.165) is 37.3 Å². The Hall–Kier alpha value is -0.870. The van der Waals surface area contributed by atoms with Crippen LogP contribution < -0.4 is 0 Å². The third-order valence-electron chi connectivity index (χ3n) is 5.37. The van der Waals surface area contributed by atoms with Crippen LogP contribution in [0.5, 0.6) is 0 Å². The number of ether oxygens (including phenoxy) is 1. The van der Waals surface area contributed by atoms with E-state index < -0.39 is 6.10 Å². The largest absolute Gasteiger partial charge is 0.387 e. The average molecular weight is 292 g/mol.